The van der Waals surface area contributed by atoms with Gasteiger partial charge in [0.2, 0.25) is 0 Å². The molecule has 6 aliphatic rings. The van der Waals surface area contributed by atoms with Gasteiger partial charge in [-0.3, -0.25) is 9.59 Å². The maximum Gasteiger partial charge on any atom is 0.182 e. The van der Waals surface area contributed by atoms with Crippen LogP contribution in [0.25, 0.3) is 0 Å². The van der Waals surface area contributed by atoms with Gasteiger partial charge in [0.05, 0.1) is 18.1 Å². The van der Waals surface area contributed by atoms with Crippen LogP contribution in [0.3, 0.4) is 0 Å². The van der Waals surface area contributed by atoms with Crippen LogP contribution in [0.4, 0.5) is 4.39 Å². The molecule has 0 radical (unpaired) electrons. The number of fused-ring (bicyclic) bond motifs is 6. The number of hydrogen-bond donors (Lipinski definition) is 1. The number of aliphatic hydroxyl groups excluding tert-OH is 1. The molecule has 178 valence electrons. The summed E-state index contributed by atoms with van der Waals surface area (Å²) in [6, 6.07) is 0. The van der Waals surface area contributed by atoms with E-state index in [1.807, 2.05) is 13.8 Å². The topological polar surface area (TPSA) is 85.4 Å². The lowest BCUT2D eigenvalue weighted by Gasteiger charge is -2.64. The van der Waals surface area contributed by atoms with Crippen LogP contribution < -0.4 is 0 Å². The van der Waals surface area contributed by atoms with E-state index in [1.54, 1.807) is 13.8 Å². The fraction of sp³-hybridized carbons (Fsp3) is 0.917. The molecular formula is C24H32ClFO6. The maximum atomic E-state index is 17.4. The second-order valence-electron chi connectivity index (χ2n) is 12.0. The molecule has 4 aliphatic carbocycles. The van der Waals surface area contributed by atoms with E-state index in [1.165, 1.54) is 0 Å². The van der Waals surface area contributed by atoms with E-state index < -0.39 is 57.7 Å². The summed E-state index contributed by atoms with van der Waals surface area (Å²) in [6.45, 7) is 7.37. The van der Waals surface area contributed by atoms with Gasteiger partial charge < -0.3 is 19.3 Å². The Morgan fingerprint density at radius 2 is 1.91 bits per heavy atom. The summed E-state index contributed by atoms with van der Waals surface area (Å²) >= 11 is 6.06. The Balaban J connectivity index is 1.46. The predicted octanol–water partition coefficient (Wildman–Crippen LogP) is 3.10. The van der Waals surface area contributed by atoms with Crippen LogP contribution in [-0.2, 0) is 23.8 Å². The second-order valence-corrected chi connectivity index (χ2v) is 12.2. The molecule has 8 heteroatoms. The molecule has 0 aromatic carbocycles. The van der Waals surface area contributed by atoms with Crippen molar-refractivity contribution in [1.29, 1.82) is 0 Å². The van der Waals surface area contributed by atoms with Gasteiger partial charge in [-0.05, 0) is 57.8 Å². The number of rotatable bonds is 2. The fourth-order valence-electron chi connectivity index (χ4n) is 9.20. The first-order valence-corrected chi connectivity index (χ1v) is 12.4. The van der Waals surface area contributed by atoms with Gasteiger partial charge in [-0.15, -0.1) is 11.6 Å². The molecule has 2 aliphatic heterocycles. The van der Waals surface area contributed by atoms with Crippen LogP contribution in [0.1, 0.15) is 66.2 Å². The van der Waals surface area contributed by atoms with Crippen LogP contribution in [-0.4, -0.2) is 63.5 Å². The number of Topliss-reactive ketones (excluding diaryl/α,β-unsaturated/α-hetero) is 2. The Bertz CT molecular complexity index is 926. The summed E-state index contributed by atoms with van der Waals surface area (Å²) in [5.41, 5.74) is -5.79. The van der Waals surface area contributed by atoms with Crippen molar-refractivity contribution in [1.82, 2.24) is 0 Å². The molecule has 0 aromatic heterocycles. The number of carbonyl (C=O) groups excluding carboxylic acids is 2. The van der Waals surface area contributed by atoms with Gasteiger partial charge in [0.25, 0.3) is 0 Å². The van der Waals surface area contributed by atoms with Gasteiger partial charge in [0.15, 0.2) is 23.0 Å². The number of halogens is 2. The van der Waals surface area contributed by atoms with E-state index in [2.05, 4.69) is 0 Å². The molecule has 0 bridgehead atoms. The maximum absolute atomic E-state index is 17.4. The molecule has 2 heterocycles. The molecule has 1 N–H and O–H groups in total. The Morgan fingerprint density at radius 3 is 2.59 bits per heavy atom. The molecule has 4 saturated carbocycles. The molecular weight excluding hydrogens is 439 g/mol. The first kappa shape index (κ1) is 21.9. The minimum atomic E-state index is -1.91. The number of hydrogen-bond acceptors (Lipinski definition) is 6. The van der Waals surface area contributed by atoms with Crippen LogP contribution in [0.15, 0.2) is 0 Å². The first-order chi connectivity index (χ1) is 14.8. The number of carbonyl (C=O) groups is 2. The van der Waals surface area contributed by atoms with Crippen molar-refractivity contribution in [3.8, 4) is 0 Å². The zero-order valence-electron chi connectivity index (χ0n) is 19.1. The highest BCUT2D eigenvalue weighted by atomic mass is 35.5. The second kappa shape index (κ2) is 5.96. The fourth-order valence-corrected chi connectivity index (χ4v) is 9.40. The number of ketones is 2. The third-order valence-electron chi connectivity index (χ3n) is 10.5. The predicted molar refractivity (Wildman–Crippen MR) is 112 cm³/mol. The third kappa shape index (κ3) is 2.06. The van der Waals surface area contributed by atoms with Crippen molar-refractivity contribution < 1.29 is 33.3 Å². The van der Waals surface area contributed by atoms with E-state index in [4.69, 9.17) is 25.8 Å². The smallest absolute Gasteiger partial charge is 0.182 e. The molecule has 6 nitrogen and oxygen atoms in total. The van der Waals surface area contributed by atoms with Crippen LogP contribution in [0, 0.1) is 22.7 Å². The highest BCUT2D eigenvalue weighted by molar-refractivity contribution is 6.29. The quantitative estimate of drug-likeness (QED) is 0.493. The van der Waals surface area contributed by atoms with Crippen molar-refractivity contribution >= 4 is 23.2 Å². The monoisotopic (exact) mass is 470 g/mol. The molecule has 32 heavy (non-hydrogen) atoms. The molecule has 2 saturated heterocycles. The van der Waals surface area contributed by atoms with E-state index in [-0.39, 0.29) is 36.2 Å². The number of aliphatic hydroxyl groups is 1. The SMILES string of the molecule is CC1(C)O[C@@H]2C[C@H]3[C@@H]4CC[C@]56O[C@H]5C(=O)CC[C@]6(C)[C@@]4(F)[C@@H](O)C[C@]3(C)[C@]2(C(=O)CCl)O1. The van der Waals surface area contributed by atoms with E-state index in [9.17, 15) is 14.7 Å². The number of ether oxygens (including phenoxy) is 3. The van der Waals surface area contributed by atoms with Crippen molar-refractivity contribution in [2.75, 3.05) is 5.88 Å². The lowest BCUT2D eigenvalue weighted by molar-refractivity contribution is -0.269. The Morgan fingerprint density at radius 1 is 1.19 bits per heavy atom. The van der Waals surface area contributed by atoms with Gasteiger partial charge in [-0.1, -0.05) is 13.8 Å². The van der Waals surface area contributed by atoms with Crippen molar-refractivity contribution in [3.63, 3.8) is 0 Å². The van der Waals surface area contributed by atoms with Gasteiger partial charge in [-0.2, -0.15) is 0 Å². The molecule has 0 amide bonds. The summed E-state index contributed by atoms with van der Waals surface area (Å²) in [6.07, 6.45) is -0.104. The molecule has 1 spiro atoms. The minimum absolute atomic E-state index is 0.0470. The normalized spacial score (nSPS) is 59.5. The summed E-state index contributed by atoms with van der Waals surface area (Å²) in [5, 5.41) is 11.5. The van der Waals surface area contributed by atoms with Crippen molar-refractivity contribution in [2.45, 2.75) is 107 Å². The standard InChI is InChI=1S/C24H32ClFO6/c1-19(2)30-17-9-13-12-5-8-22-18(31-22)14(27)6-7-21(22,4)23(12,26)15(28)10-20(13,3)24(17,32-19)16(29)11-25/h12-13,15,17-18,28H,5-11H2,1-4H3/t12-,13-,15-,17+,18-,20-,21-,22-,23-,24+/m0/s1. The van der Waals surface area contributed by atoms with E-state index in [0.29, 0.717) is 25.7 Å². The molecule has 10 atom stereocenters. The minimum Gasteiger partial charge on any atom is -0.390 e. The third-order valence-corrected chi connectivity index (χ3v) is 10.8. The Labute approximate surface area is 192 Å². The van der Waals surface area contributed by atoms with Gasteiger partial charge >= 0.3 is 0 Å². The Kier molecular flexibility index (Phi) is 4.08. The highest BCUT2D eigenvalue weighted by Gasteiger charge is 2.86. The van der Waals surface area contributed by atoms with Crippen LogP contribution >= 0.6 is 11.6 Å². The molecule has 0 aromatic rings. The molecule has 6 rings (SSSR count). The van der Waals surface area contributed by atoms with Crippen molar-refractivity contribution in [3.05, 3.63) is 0 Å². The molecule has 0 unspecified atom stereocenters. The zero-order chi connectivity index (χ0) is 23.1. The largest absolute Gasteiger partial charge is 0.390 e. The van der Waals surface area contributed by atoms with Crippen molar-refractivity contribution in [2.24, 2.45) is 22.7 Å². The summed E-state index contributed by atoms with van der Waals surface area (Å²) in [7, 11) is 0. The van der Waals surface area contributed by atoms with Gasteiger partial charge in [-0.25, -0.2) is 4.39 Å². The van der Waals surface area contributed by atoms with Gasteiger partial charge in [0.1, 0.15) is 17.4 Å². The number of epoxide rings is 1. The van der Waals surface area contributed by atoms with E-state index in [0.717, 1.165) is 0 Å². The van der Waals surface area contributed by atoms with Crippen LogP contribution in [0.2, 0.25) is 0 Å². The highest BCUT2D eigenvalue weighted by Crippen LogP contribution is 2.76. The van der Waals surface area contributed by atoms with Gasteiger partial charge in [0, 0.05) is 17.3 Å². The van der Waals surface area contributed by atoms with E-state index >= 15 is 4.39 Å². The summed E-state index contributed by atoms with van der Waals surface area (Å²) in [5.74, 6) is -2.09. The summed E-state index contributed by atoms with van der Waals surface area (Å²) < 4.78 is 35.9. The number of alkyl halides is 2. The first-order valence-electron chi connectivity index (χ1n) is 11.9. The molecule has 6 fully saturated rings. The van der Waals surface area contributed by atoms with Crippen LogP contribution in [0.5, 0.6) is 0 Å². The zero-order valence-corrected chi connectivity index (χ0v) is 19.8. The lowest BCUT2D eigenvalue weighted by Crippen LogP contribution is -2.73. The average Bonchev–Trinajstić information content (AvgIpc) is 3.34. The Hall–Kier alpha value is -0.600. The summed E-state index contributed by atoms with van der Waals surface area (Å²) in [4.78, 5) is 25.7. The lowest BCUT2D eigenvalue weighted by atomic mass is 9.41. The average molecular weight is 471 g/mol.